The van der Waals surface area contributed by atoms with E-state index in [0.29, 0.717) is 6.04 Å². The Kier molecular flexibility index (Phi) is 3.05. The Hall–Kier alpha value is -1.81. The fraction of sp³-hybridized carbons (Fsp3) is 0.312. The van der Waals surface area contributed by atoms with E-state index in [4.69, 9.17) is 10.7 Å². The number of aryl methyl sites for hydroxylation is 2. The number of thiophene rings is 1. The molecule has 2 N–H and O–H groups in total. The number of nitrogens with zero attached hydrogens (tertiary/aromatic N) is 2. The smallest absolute Gasteiger partial charge is 0.151 e. The van der Waals surface area contributed by atoms with Crippen LogP contribution in [0.5, 0.6) is 0 Å². The van der Waals surface area contributed by atoms with Gasteiger partial charge in [0.2, 0.25) is 0 Å². The van der Waals surface area contributed by atoms with Crippen molar-refractivity contribution < 1.29 is 0 Å². The van der Waals surface area contributed by atoms with Gasteiger partial charge in [0.1, 0.15) is 0 Å². The molecule has 2 heterocycles. The highest BCUT2D eigenvalue weighted by Crippen LogP contribution is 2.36. The summed E-state index contributed by atoms with van der Waals surface area (Å²) in [5, 5.41) is 0.844. The molecule has 0 aliphatic heterocycles. The first-order chi connectivity index (χ1) is 9.47. The first-order valence-corrected chi connectivity index (χ1v) is 7.64. The van der Waals surface area contributed by atoms with Crippen molar-refractivity contribution in [2.24, 2.45) is 0 Å². The number of fused-ring (bicyclic) bond motifs is 1. The van der Waals surface area contributed by atoms with Gasteiger partial charge in [0.05, 0.1) is 20.9 Å². The van der Waals surface area contributed by atoms with Crippen LogP contribution in [0.4, 0.5) is 5.00 Å². The Morgan fingerprint density at radius 1 is 1.20 bits per heavy atom. The number of hydrogen-bond donors (Lipinski definition) is 1. The molecule has 104 valence electrons. The highest BCUT2D eigenvalue weighted by atomic mass is 32.1. The van der Waals surface area contributed by atoms with Crippen molar-refractivity contribution in [3.63, 3.8) is 0 Å². The van der Waals surface area contributed by atoms with Gasteiger partial charge in [-0.1, -0.05) is 6.07 Å². The molecule has 0 saturated heterocycles. The van der Waals surface area contributed by atoms with Crippen molar-refractivity contribution in [1.29, 1.82) is 0 Å². The van der Waals surface area contributed by atoms with Crippen molar-refractivity contribution >= 4 is 27.4 Å². The van der Waals surface area contributed by atoms with Crippen molar-refractivity contribution in [3.8, 4) is 10.7 Å². The molecule has 4 heteroatoms. The van der Waals surface area contributed by atoms with Crippen LogP contribution in [0.3, 0.4) is 0 Å². The molecular formula is C16H19N3S. The zero-order valence-corrected chi connectivity index (χ0v) is 13.1. The Morgan fingerprint density at radius 2 is 1.95 bits per heavy atom. The number of anilines is 1. The molecule has 0 aliphatic carbocycles. The SMILES string of the molecule is Cc1ccc2c(c1)nc(-c1sc(N)cc1C)n2C(C)C. The molecule has 0 amide bonds. The third kappa shape index (κ3) is 2.00. The maximum atomic E-state index is 5.94. The molecule has 0 aliphatic rings. The van der Waals surface area contributed by atoms with Gasteiger partial charge >= 0.3 is 0 Å². The lowest BCUT2D eigenvalue weighted by Gasteiger charge is -2.12. The average Bonchev–Trinajstić information content (AvgIpc) is 2.88. The molecule has 0 saturated carbocycles. The second kappa shape index (κ2) is 4.63. The largest absolute Gasteiger partial charge is 0.391 e. The summed E-state index contributed by atoms with van der Waals surface area (Å²) in [6.45, 7) is 8.58. The molecular weight excluding hydrogens is 266 g/mol. The van der Waals surface area contributed by atoms with Gasteiger partial charge < -0.3 is 10.3 Å². The summed E-state index contributed by atoms with van der Waals surface area (Å²) in [6, 6.07) is 8.83. The molecule has 0 bridgehead atoms. The molecule has 0 radical (unpaired) electrons. The molecule has 2 aromatic heterocycles. The quantitative estimate of drug-likeness (QED) is 0.751. The fourth-order valence-electron chi connectivity index (χ4n) is 2.62. The van der Waals surface area contributed by atoms with E-state index >= 15 is 0 Å². The van der Waals surface area contributed by atoms with Gasteiger partial charge in [-0.3, -0.25) is 0 Å². The van der Waals surface area contributed by atoms with Crippen LogP contribution in [0.15, 0.2) is 24.3 Å². The standard InChI is InChI=1S/C16H19N3S/c1-9(2)19-13-6-5-10(3)7-12(13)18-16(19)15-11(4)8-14(17)20-15/h5-9H,17H2,1-4H3. The van der Waals surface area contributed by atoms with Gasteiger partial charge in [0, 0.05) is 6.04 Å². The zero-order valence-electron chi connectivity index (χ0n) is 12.3. The van der Waals surface area contributed by atoms with Gasteiger partial charge in [-0.25, -0.2) is 4.98 Å². The van der Waals surface area contributed by atoms with Crippen molar-refractivity contribution in [1.82, 2.24) is 9.55 Å². The van der Waals surface area contributed by atoms with Crippen LogP contribution in [0.25, 0.3) is 21.7 Å². The molecule has 0 atom stereocenters. The molecule has 0 fully saturated rings. The summed E-state index contributed by atoms with van der Waals surface area (Å²) in [5.74, 6) is 1.03. The van der Waals surface area contributed by atoms with Gasteiger partial charge in [-0.05, 0) is 57.0 Å². The van der Waals surface area contributed by atoms with Crippen LogP contribution in [0.2, 0.25) is 0 Å². The molecule has 3 aromatic rings. The topological polar surface area (TPSA) is 43.8 Å². The zero-order chi connectivity index (χ0) is 14.4. The molecule has 0 unspecified atom stereocenters. The number of benzene rings is 1. The van der Waals surface area contributed by atoms with Gasteiger partial charge in [0.25, 0.3) is 0 Å². The summed E-state index contributed by atoms with van der Waals surface area (Å²) in [7, 11) is 0. The van der Waals surface area contributed by atoms with E-state index in [1.54, 1.807) is 11.3 Å². The predicted octanol–water partition coefficient (Wildman–Crippen LogP) is 4.54. The fourth-order valence-corrected chi connectivity index (χ4v) is 3.55. The van der Waals surface area contributed by atoms with Crippen LogP contribution >= 0.6 is 11.3 Å². The average molecular weight is 285 g/mol. The second-order valence-electron chi connectivity index (χ2n) is 5.55. The Morgan fingerprint density at radius 3 is 2.55 bits per heavy atom. The maximum absolute atomic E-state index is 5.94. The number of nitrogens with two attached hydrogens (primary N) is 1. The summed E-state index contributed by atoms with van der Waals surface area (Å²) < 4.78 is 2.30. The van der Waals surface area contributed by atoms with Crippen LogP contribution < -0.4 is 5.73 Å². The van der Waals surface area contributed by atoms with Crippen molar-refractivity contribution in [2.75, 3.05) is 5.73 Å². The van der Waals surface area contributed by atoms with Crippen molar-refractivity contribution in [3.05, 3.63) is 35.4 Å². The van der Waals surface area contributed by atoms with E-state index in [0.717, 1.165) is 16.3 Å². The number of nitrogen functional groups attached to an aromatic ring is 1. The normalized spacial score (nSPS) is 11.7. The molecule has 0 spiro atoms. The monoisotopic (exact) mass is 285 g/mol. The lowest BCUT2D eigenvalue weighted by atomic mass is 10.2. The minimum absolute atomic E-state index is 0.362. The minimum Gasteiger partial charge on any atom is -0.391 e. The third-order valence-electron chi connectivity index (χ3n) is 3.50. The van der Waals surface area contributed by atoms with Crippen LogP contribution in [0, 0.1) is 13.8 Å². The third-order valence-corrected chi connectivity index (χ3v) is 4.56. The number of imidazole rings is 1. The summed E-state index contributed by atoms with van der Waals surface area (Å²) in [5.41, 5.74) is 10.6. The van der Waals surface area contributed by atoms with Crippen LogP contribution in [0.1, 0.15) is 31.0 Å². The van der Waals surface area contributed by atoms with Crippen LogP contribution in [-0.2, 0) is 0 Å². The second-order valence-corrected chi connectivity index (χ2v) is 6.64. The first-order valence-electron chi connectivity index (χ1n) is 6.82. The van der Waals surface area contributed by atoms with Gasteiger partial charge in [0.15, 0.2) is 5.82 Å². The molecule has 3 rings (SSSR count). The van der Waals surface area contributed by atoms with Gasteiger partial charge in [-0.15, -0.1) is 11.3 Å². The highest BCUT2D eigenvalue weighted by Gasteiger charge is 2.18. The lowest BCUT2D eigenvalue weighted by Crippen LogP contribution is -2.02. The molecule has 3 nitrogen and oxygen atoms in total. The predicted molar refractivity (Wildman–Crippen MR) is 87.3 cm³/mol. The summed E-state index contributed by atoms with van der Waals surface area (Å²) in [6.07, 6.45) is 0. The molecule has 1 aromatic carbocycles. The van der Waals surface area contributed by atoms with E-state index in [1.807, 2.05) is 6.07 Å². The number of hydrogen-bond acceptors (Lipinski definition) is 3. The number of aromatic nitrogens is 2. The van der Waals surface area contributed by atoms with Crippen molar-refractivity contribution in [2.45, 2.75) is 33.7 Å². The lowest BCUT2D eigenvalue weighted by molar-refractivity contribution is 0.625. The number of rotatable bonds is 2. The Bertz CT molecular complexity index is 780. The van der Waals surface area contributed by atoms with Crippen LogP contribution in [-0.4, -0.2) is 9.55 Å². The Labute approximate surface area is 123 Å². The molecule has 20 heavy (non-hydrogen) atoms. The van der Waals surface area contributed by atoms with E-state index in [2.05, 4.69) is 50.5 Å². The van der Waals surface area contributed by atoms with E-state index in [1.165, 1.54) is 21.5 Å². The highest BCUT2D eigenvalue weighted by molar-refractivity contribution is 7.19. The van der Waals surface area contributed by atoms with E-state index in [9.17, 15) is 0 Å². The summed E-state index contributed by atoms with van der Waals surface area (Å²) >= 11 is 1.61. The maximum Gasteiger partial charge on any atom is 0.151 e. The summed E-state index contributed by atoms with van der Waals surface area (Å²) in [4.78, 5) is 6.03. The minimum atomic E-state index is 0.362. The van der Waals surface area contributed by atoms with E-state index < -0.39 is 0 Å². The van der Waals surface area contributed by atoms with Gasteiger partial charge in [-0.2, -0.15) is 0 Å². The van der Waals surface area contributed by atoms with E-state index in [-0.39, 0.29) is 0 Å². The first kappa shape index (κ1) is 13.2. The Balaban J connectivity index is 2.34.